The fourth-order valence-electron chi connectivity index (χ4n) is 2.73. The lowest BCUT2D eigenvalue weighted by molar-refractivity contribution is 0.0905. The third kappa shape index (κ3) is 4.24. The van der Waals surface area contributed by atoms with E-state index in [1.54, 1.807) is 0 Å². The molecular formula is C22H23NO. The molecular weight excluding hydrogens is 294 g/mol. The van der Waals surface area contributed by atoms with E-state index in [-0.39, 0.29) is 0 Å². The van der Waals surface area contributed by atoms with Gasteiger partial charge in [-0.05, 0) is 29.2 Å². The molecule has 0 heterocycles. The number of hydrogen-bond donors (Lipinski definition) is 0. The Hall–Kier alpha value is -2.58. The Kier molecular flexibility index (Phi) is 5.65. The zero-order valence-corrected chi connectivity index (χ0v) is 14.1. The summed E-state index contributed by atoms with van der Waals surface area (Å²) in [6.45, 7) is 3.47. The van der Waals surface area contributed by atoms with Crippen molar-refractivity contribution < 1.29 is 4.84 Å². The van der Waals surface area contributed by atoms with Crippen LogP contribution >= 0.6 is 0 Å². The molecule has 24 heavy (non-hydrogen) atoms. The van der Waals surface area contributed by atoms with E-state index in [9.17, 15) is 0 Å². The maximum Gasteiger partial charge on any atom is 0.0999 e. The molecule has 0 saturated carbocycles. The van der Waals surface area contributed by atoms with Crippen molar-refractivity contribution in [1.29, 1.82) is 0 Å². The number of rotatable bonds is 7. The quantitative estimate of drug-likeness (QED) is 0.542. The van der Waals surface area contributed by atoms with Gasteiger partial charge in [0, 0.05) is 0 Å². The summed E-state index contributed by atoms with van der Waals surface area (Å²) in [6.07, 6.45) is 0.982. The maximum atomic E-state index is 6.19. The van der Waals surface area contributed by atoms with Crippen molar-refractivity contribution in [3.05, 3.63) is 102 Å². The Morgan fingerprint density at radius 3 is 1.96 bits per heavy atom. The van der Waals surface area contributed by atoms with Gasteiger partial charge in [-0.3, -0.25) is 4.84 Å². The Bertz CT molecular complexity index is 740. The van der Waals surface area contributed by atoms with Crippen molar-refractivity contribution in [2.45, 2.75) is 26.5 Å². The number of hydrogen-bond acceptors (Lipinski definition) is 2. The first-order valence-corrected chi connectivity index (χ1v) is 8.43. The molecule has 3 aromatic rings. The fourth-order valence-corrected chi connectivity index (χ4v) is 2.73. The summed E-state index contributed by atoms with van der Waals surface area (Å²) in [6, 6.07) is 29.2. The van der Waals surface area contributed by atoms with Gasteiger partial charge >= 0.3 is 0 Å². The lowest BCUT2D eigenvalue weighted by Crippen LogP contribution is -2.24. The first-order chi connectivity index (χ1) is 11.9. The minimum Gasteiger partial charge on any atom is -0.268 e. The van der Waals surface area contributed by atoms with E-state index in [0.29, 0.717) is 6.61 Å². The second-order valence-corrected chi connectivity index (χ2v) is 5.76. The molecule has 0 amide bonds. The Morgan fingerprint density at radius 2 is 1.29 bits per heavy atom. The van der Waals surface area contributed by atoms with Crippen molar-refractivity contribution in [2.75, 3.05) is 5.06 Å². The van der Waals surface area contributed by atoms with Crippen LogP contribution in [-0.4, -0.2) is 0 Å². The van der Waals surface area contributed by atoms with Crippen LogP contribution in [0.1, 0.15) is 23.6 Å². The zero-order valence-electron chi connectivity index (χ0n) is 14.1. The lowest BCUT2D eigenvalue weighted by Gasteiger charge is -2.26. The molecule has 0 saturated heterocycles. The Morgan fingerprint density at radius 1 is 0.708 bits per heavy atom. The van der Waals surface area contributed by atoms with Crippen LogP contribution < -0.4 is 5.06 Å². The molecule has 122 valence electrons. The van der Waals surface area contributed by atoms with Crippen LogP contribution in [0.15, 0.2) is 84.9 Å². The van der Waals surface area contributed by atoms with Crippen LogP contribution in [0.25, 0.3) is 0 Å². The SMILES string of the molecule is CCc1ccccc1N(Cc1ccccc1)OCc1ccccc1. The average molecular weight is 317 g/mol. The molecule has 0 radical (unpaired) electrons. The van der Waals surface area contributed by atoms with E-state index in [4.69, 9.17) is 4.84 Å². The van der Waals surface area contributed by atoms with E-state index < -0.39 is 0 Å². The van der Waals surface area contributed by atoms with E-state index >= 15 is 0 Å². The standard InChI is InChI=1S/C22H23NO/c1-2-21-15-9-10-16-22(21)23(17-19-11-5-3-6-12-19)24-18-20-13-7-4-8-14-20/h3-16H,2,17-18H2,1H3. The lowest BCUT2D eigenvalue weighted by atomic mass is 10.1. The number of nitrogens with zero attached hydrogens (tertiary/aromatic N) is 1. The summed E-state index contributed by atoms with van der Waals surface area (Å²) in [5.41, 5.74) is 4.84. The highest BCUT2D eigenvalue weighted by Crippen LogP contribution is 2.24. The Labute approximate surface area is 144 Å². The second-order valence-electron chi connectivity index (χ2n) is 5.76. The van der Waals surface area contributed by atoms with Crippen molar-refractivity contribution in [1.82, 2.24) is 0 Å². The van der Waals surface area contributed by atoms with Crippen molar-refractivity contribution >= 4 is 5.69 Å². The molecule has 0 fully saturated rings. The van der Waals surface area contributed by atoms with Gasteiger partial charge in [0.15, 0.2) is 0 Å². The minimum atomic E-state index is 0.561. The molecule has 0 unspecified atom stereocenters. The van der Waals surface area contributed by atoms with Gasteiger partial charge in [-0.1, -0.05) is 85.8 Å². The van der Waals surface area contributed by atoms with Crippen LogP contribution in [0, 0.1) is 0 Å². The highest BCUT2D eigenvalue weighted by atomic mass is 16.7. The predicted molar refractivity (Wildman–Crippen MR) is 99.7 cm³/mol. The van der Waals surface area contributed by atoms with Crippen LogP contribution in [0.3, 0.4) is 0 Å². The molecule has 0 aliphatic heterocycles. The van der Waals surface area contributed by atoms with Gasteiger partial charge in [0.2, 0.25) is 0 Å². The average Bonchev–Trinajstić information content (AvgIpc) is 2.67. The molecule has 0 aromatic heterocycles. The largest absolute Gasteiger partial charge is 0.268 e. The third-order valence-corrected chi connectivity index (χ3v) is 4.04. The van der Waals surface area contributed by atoms with Crippen molar-refractivity contribution in [3.8, 4) is 0 Å². The van der Waals surface area contributed by atoms with Crippen LogP contribution in [0.5, 0.6) is 0 Å². The molecule has 0 atom stereocenters. The van der Waals surface area contributed by atoms with E-state index in [0.717, 1.165) is 18.7 Å². The molecule has 2 heteroatoms. The molecule has 3 rings (SSSR count). The summed E-state index contributed by atoms with van der Waals surface area (Å²) in [7, 11) is 0. The predicted octanol–water partition coefficient (Wildman–Crippen LogP) is 5.39. The summed E-state index contributed by atoms with van der Waals surface area (Å²) in [5.74, 6) is 0. The highest BCUT2D eigenvalue weighted by Gasteiger charge is 2.12. The zero-order chi connectivity index (χ0) is 16.6. The molecule has 0 aliphatic carbocycles. The van der Waals surface area contributed by atoms with Gasteiger partial charge < -0.3 is 0 Å². The fraction of sp³-hybridized carbons (Fsp3) is 0.182. The summed E-state index contributed by atoms with van der Waals surface area (Å²) < 4.78 is 0. The van der Waals surface area contributed by atoms with Gasteiger partial charge in [0.25, 0.3) is 0 Å². The topological polar surface area (TPSA) is 12.5 Å². The normalized spacial score (nSPS) is 10.5. The molecule has 3 aromatic carbocycles. The molecule has 0 bridgehead atoms. The number of aryl methyl sites for hydroxylation is 1. The van der Waals surface area contributed by atoms with Gasteiger partial charge in [-0.15, -0.1) is 0 Å². The number of benzene rings is 3. The van der Waals surface area contributed by atoms with Crippen LogP contribution in [0.2, 0.25) is 0 Å². The molecule has 2 nitrogen and oxygen atoms in total. The van der Waals surface area contributed by atoms with E-state index in [1.165, 1.54) is 16.7 Å². The summed E-state index contributed by atoms with van der Waals surface area (Å²) in [5, 5.41) is 2.02. The van der Waals surface area contributed by atoms with Gasteiger partial charge in [-0.2, -0.15) is 0 Å². The second kappa shape index (κ2) is 8.32. The van der Waals surface area contributed by atoms with Crippen LogP contribution in [0.4, 0.5) is 5.69 Å². The summed E-state index contributed by atoms with van der Waals surface area (Å²) >= 11 is 0. The number of para-hydroxylation sites is 1. The molecule has 0 aliphatic rings. The van der Waals surface area contributed by atoms with E-state index in [1.807, 2.05) is 29.3 Å². The molecule has 0 N–H and O–H groups in total. The third-order valence-electron chi connectivity index (χ3n) is 4.04. The Balaban J connectivity index is 1.83. The van der Waals surface area contributed by atoms with Gasteiger partial charge in [0.1, 0.15) is 0 Å². The first-order valence-electron chi connectivity index (χ1n) is 8.43. The highest BCUT2D eigenvalue weighted by molar-refractivity contribution is 5.52. The van der Waals surface area contributed by atoms with Gasteiger partial charge in [-0.25, -0.2) is 5.06 Å². The first kappa shape index (κ1) is 16.3. The minimum absolute atomic E-state index is 0.561. The smallest absolute Gasteiger partial charge is 0.0999 e. The number of anilines is 1. The summed E-state index contributed by atoms with van der Waals surface area (Å²) in [4.78, 5) is 6.19. The van der Waals surface area contributed by atoms with Crippen molar-refractivity contribution in [3.63, 3.8) is 0 Å². The van der Waals surface area contributed by atoms with E-state index in [2.05, 4.69) is 67.6 Å². The van der Waals surface area contributed by atoms with Gasteiger partial charge in [0.05, 0.1) is 18.8 Å². The maximum absolute atomic E-state index is 6.19. The number of hydroxylamine groups is 1. The molecule has 0 spiro atoms. The van der Waals surface area contributed by atoms with Crippen LogP contribution in [-0.2, 0) is 24.4 Å². The van der Waals surface area contributed by atoms with Crippen molar-refractivity contribution in [2.24, 2.45) is 0 Å². The monoisotopic (exact) mass is 317 g/mol.